The summed E-state index contributed by atoms with van der Waals surface area (Å²) >= 11 is 0. The molecule has 0 saturated heterocycles. The second-order valence-corrected chi connectivity index (χ2v) is 7.56. The lowest BCUT2D eigenvalue weighted by atomic mass is 9.92. The summed E-state index contributed by atoms with van der Waals surface area (Å²) in [4.78, 5) is 0.391. The molecule has 0 saturated carbocycles. The summed E-state index contributed by atoms with van der Waals surface area (Å²) in [7, 11) is -3.18. The maximum atomic E-state index is 12.0. The van der Waals surface area contributed by atoms with Crippen LogP contribution >= 0.6 is 0 Å². The molecule has 0 aliphatic rings. The van der Waals surface area contributed by atoms with Crippen molar-refractivity contribution >= 4 is 9.84 Å². The van der Waals surface area contributed by atoms with Crippen LogP contribution in [-0.4, -0.2) is 13.7 Å². The molecule has 1 atom stereocenters. The normalized spacial score (nSPS) is 13.2. The molecule has 1 rings (SSSR count). The fourth-order valence-electron chi connectivity index (χ4n) is 2.08. The predicted octanol–water partition coefficient (Wildman–Crippen LogP) is 3.78. The topological polar surface area (TPSA) is 34.1 Å². The highest BCUT2D eigenvalue weighted by molar-refractivity contribution is 7.92. The first-order valence-corrected chi connectivity index (χ1v) is 8.25. The van der Waals surface area contributed by atoms with Gasteiger partial charge in [0, 0.05) is 6.42 Å². The van der Waals surface area contributed by atoms with Gasteiger partial charge >= 0.3 is 0 Å². The Labute approximate surface area is 117 Å². The maximum absolute atomic E-state index is 12.0. The largest absolute Gasteiger partial charge is 0.223 e. The first-order valence-electron chi connectivity index (χ1n) is 6.70. The minimum absolute atomic E-state index is 0.325. The van der Waals surface area contributed by atoms with E-state index in [1.807, 2.05) is 12.1 Å². The zero-order valence-corrected chi connectivity index (χ0v) is 12.7. The van der Waals surface area contributed by atoms with Gasteiger partial charge in [-0.2, -0.15) is 0 Å². The molecule has 0 aliphatic heterocycles. The standard InChI is InChI=1S/C16H22O2S/c1-5-7-14(8-6-2)15-9-11-16(12-10-15)19(17,18)13(3)4/h1,9-14H,6-8H2,2-4H3. The Bertz CT molecular complexity index is 533. The van der Waals surface area contributed by atoms with Gasteiger partial charge in [-0.15, -0.1) is 12.3 Å². The van der Waals surface area contributed by atoms with Crippen LogP contribution in [0.1, 0.15) is 51.5 Å². The second kappa shape index (κ2) is 6.77. The molecule has 0 fully saturated rings. The highest BCUT2D eigenvalue weighted by atomic mass is 32.2. The van der Waals surface area contributed by atoms with Gasteiger partial charge in [0.2, 0.25) is 0 Å². The van der Waals surface area contributed by atoms with Crippen LogP contribution in [0.2, 0.25) is 0 Å². The van der Waals surface area contributed by atoms with Gasteiger partial charge < -0.3 is 0 Å². The molecule has 0 aliphatic carbocycles. The summed E-state index contributed by atoms with van der Waals surface area (Å²) in [5.74, 6) is 3.02. The molecule has 0 heterocycles. The minimum atomic E-state index is -3.18. The first kappa shape index (κ1) is 15.8. The molecule has 3 heteroatoms. The van der Waals surface area contributed by atoms with Gasteiger partial charge in [0.25, 0.3) is 0 Å². The van der Waals surface area contributed by atoms with Crippen LogP contribution < -0.4 is 0 Å². The Kier molecular flexibility index (Phi) is 5.62. The molecular weight excluding hydrogens is 256 g/mol. The van der Waals surface area contributed by atoms with Gasteiger partial charge in [0.1, 0.15) is 0 Å². The molecule has 2 nitrogen and oxygen atoms in total. The quantitative estimate of drug-likeness (QED) is 0.742. The van der Waals surface area contributed by atoms with Gasteiger partial charge in [0.05, 0.1) is 10.1 Å². The van der Waals surface area contributed by atoms with Crippen LogP contribution in [0, 0.1) is 12.3 Å². The third-order valence-electron chi connectivity index (χ3n) is 3.30. The fraction of sp³-hybridized carbons (Fsp3) is 0.500. The summed E-state index contributed by atoms with van der Waals surface area (Å²) in [6.07, 6.45) is 8.18. The Morgan fingerprint density at radius 3 is 2.21 bits per heavy atom. The lowest BCUT2D eigenvalue weighted by Crippen LogP contribution is -2.14. The molecule has 0 N–H and O–H groups in total. The van der Waals surface area contributed by atoms with Gasteiger partial charge in [-0.05, 0) is 43.9 Å². The number of rotatable bonds is 6. The number of hydrogen-bond donors (Lipinski definition) is 0. The maximum Gasteiger partial charge on any atom is 0.180 e. The molecule has 19 heavy (non-hydrogen) atoms. The Morgan fingerprint density at radius 1 is 1.21 bits per heavy atom. The summed E-state index contributed by atoms with van der Waals surface area (Å²) in [5, 5.41) is -0.393. The zero-order chi connectivity index (χ0) is 14.5. The van der Waals surface area contributed by atoms with Crippen LogP contribution in [0.4, 0.5) is 0 Å². The van der Waals surface area contributed by atoms with Crippen molar-refractivity contribution in [3.63, 3.8) is 0 Å². The molecular formula is C16H22O2S. The predicted molar refractivity (Wildman–Crippen MR) is 79.9 cm³/mol. The van der Waals surface area contributed by atoms with Crippen molar-refractivity contribution in [3.05, 3.63) is 29.8 Å². The summed E-state index contributed by atoms with van der Waals surface area (Å²) in [6.45, 7) is 5.52. The minimum Gasteiger partial charge on any atom is -0.223 e. The number of sulfone groups is 1. The van der Waals surface area contributed by atoms with Crippen molar-refractivity contribution < 1.29 is 8.42 Å². The van der Waals surface area contributed by atoms with Crippen molar-refractivity contribution in [2.24, 2.45) is 0 Å². The number of hydrogen-bond acceptors (Lipinski definition) is 2. The molecule has 0 bridgehead atoms. The van der Waals surface area contributed by atoms with Gasteiger partial charge in [-0.3, -0.25) is 0 Å². The molecule has 0 aromatic heterocycles. The average molecular weight is 278 g/mol. The molecule has 0 amide bonds. The average Bonchev–Trinajstić information content (AvgIpc) is 2.38. The summed E-state index contributed by atoms with van der Waals surface area (Å²) in [5.41, 5.74) is 1.13. The number of benzene rings is 1. The third-order valence-corrected chi connectivity index (χ3v) is 5.47. The SMILES string of the molecule is C#CCC(CCC)c1ccc(S(=O)(=O)C(C)C)cc1. The first-order chi connectivity index (χ1) is 8.93. The fourth-order valence-corrected chi connectivity index (χ4v) is 3.14. The lowest BCUT2D eigenvalue weighted by Gasteiger charge is -2.15. The Balaban J connectivity index is 3.02. The van der Waals surface area contributed by atoms with E-state index in [1.54, 1.807) is 26.0 Å². The molecule has 1 aromatic carbocycles. The highest BCUT2D eigenvalue weighted by Gasteiger charge is 2.19. The molecule has 0 radical (unpaired) electrons. The number of terminal acetylenes is 1. The van der Waals surface area contributed by atoms with Crippen LogP contribution in [0.3, 0.4) is 0 Å². The van der Waals surface area contributed by atoms with Crippen LogP contribution in [0.5, 0.6) is 0 Å². The Hall–Kier alpha value is -1.27. The van der Waals surface area contributed by atoms with E-state index >= 15 is 0 Å². The second-order valence-electron chi connectivity index (χ2n) is 5.06. The summed E-state index contributed by atoms with van der Waals surface area (Å²) in [6, 6.07) is 7.19. The van der Waals surface area contributed by atoms with E-state index in [4.69, 9.17) is 6.42 Å². The van der Waals surface area contributed by atoms with Crippen molar-refractivity contribution in [1.82, 2.24) is 0 Å². The van der Waals surface area contributed by atoms with Gasteiger partial charge in [-0.25, -0.2) is 8.42 Å². The van der Waals surface area contributed by atoms with E-state index < -0.39 is 15.1 Å². The van der Waals surface area contributed by atoms with E-state index in [0.717, 1.165) is 18.4 Å². The van der Waals surface area contributed by atoms with Crippen molar-refractivity contribution in [2.75, 3.05) is 0 Å². The van der Waals surface area contributed by atoms with Crippen LogP contribution in [0.25, 0.3) is 0 Å². The van der Waals surface area contributed by atoms with Crippen molar-refractivity contribution in [3.8, 4) is 12.3 Å². The smallest absolute Gasteiger partial charge is 0.180 e. The molecule has 1 unspecified atom stereocenters. The van der Waals surface area contributed by atoms with E-state index in [9.17, 15) is 8.42 Å². The van der Waals surface area contributed by atoms with Gasteiger partial charge in [-0.1, -0.05) is 25.5 Å². The van der Waals surface area contributed by atoms with E-state index in [1.165, 1.54) is 0 Å². The highest BCUT2D eigenvalue weighted by Crippen LogP contribution is 2.26. The third kappa shape index (κ3) is 3.84. The Morgan fingerprint density at radius 2 is 1.79 bits per heavy atom. The van der Waals surface area contributed by atoms with Crippen LogP contribution in [-0.2, 0) is 9.84 Å². The van der Waals surface area contributed by atoms with E-state index in [2.05, 4.69) is 12.8 Å². The van der Waals surface area contributed by atoms with Crippen molar-refractivity contribution in [1.29, 1.82) is 0 Å². The zero-order valence-electron chi connectivity index (χ0n) is 11.9. The van der Waals surface area contributed by atoms with E-state index in [-0.39, 0.29) is 0 Å². The molecule has 1 aromatic rings. The van der Waals surface area contributed by atoms with Crippen molar-refractivity contribution in [2.45, 2.75) is 56.1 Å². The monoisotopic (exact) mass is 278 g/mol. The lowest BCUT2D eigenvalue weighted by molar-refractivity contribution is 0.587. The van der Waals surface area contributed by atoms with E-state index in [0.29, 0.717) is 17.2 Å². The summed E-state index contributed by atoms with van der Waals surface area (Å²) < 4.78 is 24.1. The molecule has 0 spiro atoms. The van der Waals surface area contributed by atoms with Gasteiger partial charge in [0.15, 0.2) is 9.84 Å². The molecule has 104 valence electrons. The van der Waals surface area contributed by atoms with Crippen LogP contribution in [0.15, 0.2) is 29.2 Å².